The first-order chi connectivity index (χ1) is 14.3. The van der Waals surface area contributed by atoms with Crippen LogP contribution in [-0.4, -0.2) is 10.7 Å². The van der Waals surface area contributed by atoms with Gasteiger partial charge in [0.05, 0.1) is 17.4 Å². The molecule has 1 atom stereocenters. The van der Waals surface area contributed by atoms with E-state index in [9.17, 15) is 0 Å². The number of hydrogen-bond donors (Lipinski definition) is 0. The molecule has 5 heteroatoms. The topological polar surface area (TPSA) is 28.5 Å². The highest BCUT2D eigenvalue weighted by Crippen LogP contribution is 2.39. The monoisotopic (exact) mass is 415 g/mol. The lowest BCUT2D eigenvalue weighted by atomic mass is 9.99. The number of aromatic nitrogens is 1. The third-order valence-electron chi connectivity index (χ3n) is 5.03. The minimum atomic E-state index is 0.135. The van der Waals surface area contributed by atoms with Crippen LogP contribution in [0.25, 0.3) is 11.3 Å². The molecule has 1 aromatic heterocycles. The van der Waals surface area contributed by atoms with Crippen LogP contribution < -0.4 is 5.01 Å². The van der Waals surface area contributed by atoms with E-state index in [-0.39, 0.29) is 6.04 Å². The summed E-state index contributed by atoms with van der Waals surface area (Å²) in [5.74, 6) is 0. The van der Waals surface area contributed by atoms with Crippen molar-refractivity contribution in [1.29, 1.82) is 0 Å². The second-order valence-corrected chi connectivity index (χ2v) is 8.18. The van der Waals surface area contributed by atoms with Gasteiger partial charge in [0.15, 0.2) is 0 Å². The van der Waals surface area contributed by atoms with Crippen LogP contribution in [0.2, 0.25) is 5.02 Å². The highest BCUT2D eigenvalue weighted by molar-refractivity contribution is 7.14. The molecule has 1 aliphatic heterocycles. The average molecular weight is 416 g/mol. The third-order valence-corrected chi connectivity index (χ3v) is 6.11. The maximum Gasteiger partial charge on any atom is 0.207 e. The van der Waals surface area contributed by atoms with Gasteiger partial charge in [-0.1, -0.05) is 84.4 Å². The molecule has 0 fully saturated rings. The van der Waals surface area contributed by atoms with Crippen LogP contribution in [-0.2, 0) is 0 Å². The van der Waals surface area contributed by atoms with E-state index in [4.69, 9.17) is 21.7 Å². The molecule has 1 aliphatic rings. The summed E-state index contributed by atoms with van der Waals surface area (Å²) in [6.45, 7) is 0. The molecular weight excluding hydrogens is 398 g/mol. The van der Waals surface area contributed by atoms with E-state index in [0.717, 1.165) is 39.1 Å². The Morgan fingerprint density at radius 2 is 1.52 bits per heavy atom. The molecule has 0 N–H and O–H groups in total. The molecule has 0 amide bonds. The van der Waals surface area contributed by atoms with Crippen molar-refractivity contribution >= 4 is 33.8 Å². The third kappa shape index (κ3) is 3.69. The number of nitrogens with zero attached hydrogens (tertiary/aromatic N) is 3. The largest absolute Gasteiger partial charge is 0.231 e. The normalized spacial score (nSPS) is 16.1. The number of halogens is 1. The molecule has 29 heavy (non-hydrogen) atoms. The molecule has 0 bridgehead atoms. The van der Waals surface area contributed by atoms with Crippen LogP contribution in [0.3, 0.4) is 0 Å². The summed E-state index contributed by atoms with van der Waals surface area (Å²) in [5, 5.41) is 10.8. The highest BCUT2D eigenvalue weighted by atomic mass is 35.5. The number of hydrazone groups is 1. The minimum Gasteiger partial charge on any atom is -0.231 e. The Kier molecular flexibility index (Phi) is 4.88. The zero-order chi connectivity index (χ0) is 19.6. The van der Waals surface area contributed by atoms with Gasteiger partial charge in [0, 0.05) is 22.4 Å². The fraction of sp³-hybridized carbons (Fsp3) is 0.0833. The number of benzene rings is 3. The lowest BCUT2D eigenvalue weighted by Crippen LogP contribution is -2.18. The first-order valence-electron chi connectivity index (χ1n) is 9.46. The van der Waals surface area contributed by atoms with Crippen LogP contribution >= 0.6 is 22.9 Å². The van der Waals surface area contributed by atoms with Gasteiger partial charge in [-0.05, 0) is 23.3 Å². The van der Waals surface area contributed by atoms with Crippen LogP contribution in [0, 0.1) is 0 Å². The van der Waals surface area contributed by atoms with Gasteiger partial charge >= 0.3 is 0 Å². The van der Waals surface area contributed by atoms with Crippen molar-refractivity contribution in [2.45, 2.75) is 12.5 Å². The molecule has 142 valence electrons. The predicted octanol–water partition coefficient (Wildman–Crippen LogP) is 6.82. The Morgan fingerprint density at radius 3 is 2.24 bits per heavy atom. The zero-order valence-corrected chi connectivity index (χ0v) is 17.1. The smallest absolute Gasteiger partial charge is 0.207 e. The minimum absolute atomic E-state index is 0.135. The first kappa shape index (κ1) is 18.1. The van der Waals surface area contributed by atoms with E-state index in [1.165, 1.54) is 5.56 Å². The van der Waals surface area contributed by atoms with Crippen molar-refractivity contribution in [1.82, 2.24) is 4.98 Å². The predicted molar refractivity (Wildman–Crippen MR) is 122 cm³/mol. The lowest BCUT2D eigenvalue weighted by Gasteiger charge is -2.21. The van der Waals surface area contributed by atoms with Gasteiger partial charge in [-0.25, -0.2) is 9.99 Å². The average Bonchev–Trinajstić information content (AvgIpc) is 3.43. The summed E-state index contributed by atoms with van der Waals surface area (Å²) in [5.41, 5.74) is 5.48. The highest BCUT2D eigenvalue weighted by Gasteiger charge is 2.31. The lowest BCUT2D eigenvalue weighted by molar-refractivity contribution is 0.706. The summed E-state index contributed by atoms with van der Waals surface area (Å²) in [4.78, 5) is 4.89. The van der Waals surface area contributed by atoms with Gasteiger partial charge in [0.25, 0.3) is 0 Å². The summed E-state index contributed by atoms with van der Waals surface area (Å²) in [6, 6.07) is 28.8. The fourth-order valence-corrected chi connectivity index (χ4v) is 4.51. The van der Waals surface area contributed by atoms with Crippen molar-refractivity contribution in [2.75, 3.05) is 5.01 Å². The standard InChI is InChI=1S/C24H18ClN3S/c25-20-13-11-18(12-14-20)22-16-29-24(26-22)28-23(19-9-5-2-6-10-19)15-21(27-28)17-7-3-1-4-8-17/h1-14,16,23H,15H2/t23-/m0/s1. The summed E-state index contributed by atoms with van der Waals surface area (Å²) >= 11 is 7.64. The van der Waals surface area contributed by atoms with Gasteiger partial charge in [0.1, 0.15) is 0 Å². The molecule has 0 aliphatic carbocycles. The SMILES string of the molecule is Clc1ccc(-c2csc(N3N=C(c4ccccc4)C[C@H]3c3ccccc3)n2)cc1. The Bertz CT molecular complexity index is 1140. The molecule has 2 heterocycles. The van der Waals surface area contributed by atoms with Crippen LogP contribution in [0.1, 0.15) is 23.6 Å². The summed E-state index contributed by atoms with van der Waals surface area (Å²) in [6.07, 6.45) is 0.851. The van der Waals surface area contributed by atoms with E-state index >= 15 is 0 Å². The number of anilines is 1. The fourth-order valence-electron chi connectivity index (χ4n) is 3.55. The van der Waals surface area contributed by atoms with Crippen LogP contribution in [0.15, 0.2) is 95.4 Å². The Hall–Kier alpha value is -2.95. The number of hydrogen-bond acceptors (Lipinski definition) is 4. The van der Waals surface area contributed by atoms with Crippen LogP contribution in [0.4, 0.5) is 5.13 Å². The molecule has 4 aromatic rings. The van der Waals surface area contributed by atoms with E-state index in [1.807, 2.05) is 36.4 Å². The molecule has 3 nitrogen and oxygen atoms in total. The second kappa shape index (κ2) is 7.82. The Morgan fingerprint density at radius 1 is 0.828 bits per heavy atom. The van der Waals surface area contributed by atoms with Crippen molar-refractivity contribution in [3.05, 3.63) is 106 Å². The maximum atomic E-state index is 6.03. The summed E-state index contributed by atoms with van der Waals surface area (Å²) < 4.78 is 0. The molecule has 0 spiro atoms. The van der Waals surface area contributed by atoms with Crippen molar-refractivity contribution in [3.8, 4) is 11.3 Å². The second-order valence-electron chi connectivity index (χ2n) is 6.91. The van der Waals surface area contributed by atoms with E-state index < -0.39 is 0 Å². The molecule has 5 rings (SSSR count). The van der Waals surface area contributed by atoms with Gasteiger partial charge in [-0.15, -0.1) is 11.3 Å². The molecule has 0 radical (unpaired) electrons. The molecular formula is C24H18ClN3S. The Labute approximate surface area is 178 Å². The zero-order valence-electron chi connectivity index (χ0n) is 15.6. The van der Waals surface area contributed by atoms with E-state index in [2.05, 4.69) is 58.9 Å². The van der Waals surface area contributed by atoms with Crippen molar-refractivity contribution in [3.63, 3.8) is 0 Å². The first-order valence-corrected chi connectivity index (χ1v) is 10.7. The Balaban J connectivity index is 1.53. The molecule has 3 aromatic carbocycles. The quantitative estimate of drug-likeness (QED) is 0.366. The molecule has 0 unspecified atom stereocenters. The molecule has 0 saturated heterocycles. The van der Waals surface area contributed by atoms with Crippen molar-refractivity contribution < 1.29 is 0 Å². The van der Waals surface area contributed by atoms with Crippen molar-refractivity contribution in [2.24, 2.45) is 5.10 Å². The van der Waals surface area contributed by atoms with E-state index in [1.54, 1.807) is 11.3 Å². The number of thiazole rings is 1. The van der Waals surface area contributed by atoms with E-state index in [0.29, 0.717) is 0 Å². The molecule has 0 saturated carbocycles. The van der Waals surface area contributed by atoms with Gasteiger partial charge in [-0.2, -0.15) is 5.10 Å². The summed E-state index contributed by atoms with van der Waals surface area (Å²) in [7, 11) is 0. The number of rotatable bonds is 4. The van der Waals surface area contributed by atoms with Gasteiger partial charge in [-0.3, -0.25) is 0 Å². The van der Waals surface area contributed by atoms with Crippen LogP contribution in [0.5, 0.6) is 0 Å². The maximum absolute atomic E-state index is 6.03. The van der Waals surface area contributed by atoms with Gasteiger partial charge < -0.3 is 0 Å². The van der Waals surface area contributed by atoms with Gasteiger partial charge in [0.2, 0.25) is 5.13 Å².